The molecule has 0 aromatic carbocycles. The molecule has 1 aliphatic heterocycles. The lowest BCUT2D eigenvalue weighted by Gasteiger charge is -2.33. The Bertz CT molecular complexity index is 364. The second-order valence-corrected chi connectivity index (χ2v) is 6.63. The molecular formula is C13H22N2O3S. The average Bonchev–Trinajstić information content (AvgIpc) is 2.81. The number of hydrogen-bond donors (Lipinski definition) is 2. The van der Waals surface area contributed by atoms with Crippen LogP contribution in [0.3, 0.4) is 0 Å². The third-order valence-electron chi connectivity index (χ3n) is 4.05. The molecule has 4 unspecified atom stereocenters. The fourth-order valence-electron chi connectivity index (χ4n) is 3.03. The molecule has 0 radical (unpaired) electrons. The molecule has 4 atom stereocenters. The molecule has 2 rings (SSSR count). The van der Waals surface area contributed by atoms with E-state index < -0.39 is 12.0 Å². The number of carbonyl (C=O) groups excluding carboxylic acids is 1. The van der Waals surface area contributed by atoms with Gasteiger partial charge in [-0.1, -0.05) is 13.3 Å². The average molecular weight is 286 g/mol. The van der Waals surface area contributed by atoms with Crippen LogP contribution in [0.1, 0.15) is 39.0 Å². The summed E-state index contributed by atoms with van der Waals surface area (Å²) in [6.45, 7) is 1.99. The Kier molecular flexibility index (Phi) is 4.73. The molecule has 1 amide bonds. The van der Waals surface area contributed by atoms with E-state index in [-0.39, 0.29) is 23.2 Å². The second-order valence-electron chi connectivity index (χ2n) is 5.42. The molecule has 6 heteroatoms. The molecule has 3 N–H and O–H groups in total. The number of carboxylic acid groups (broad SMARTS) is 1. The van der Waals surface area contributed by atoms with Crippen LogP contribution in [0.5, 0.6) is 0 Å². The van der Waals surface area contributed by atoms with Crippen molar-refractivity contribution >= 4 is 23.6 Å². The van der Waals surface area contributed by atoms with E-state index in [1.165, 1.54) is 0 Å². The van der Waals surface area contributed by atoms with E-state index in [9.17, 15) is 14.7 Å². The molecule has 1 aliphatic carbocycles. The molecule has 5 nitrogen and oxygen atoms in total. The summed E-state index contributed by atoms with van der Waals surface area (Å²) in [6, 6.07) is -0.582. The van der Waals surface area contributed by atoms with Crippen LogP contribution in [0.2, 0.25) is 0 Å². The van der Waals surface area contributed by atoms with E-state index in [4.69, 9.17) is 5.73 Å². The lowest BCUT2D eigenvalue weighted by Crippen LogP contribution is -2.49. The van der Waals surface area contributed by atoms with Gasteiger partial charge >= 0.3 is 5.97 Å². The van der Waals surface area contributed by atoms with Gasteiger partial charge in [-0.15, -0.1) is 11.8 Å². The maximum Gasteiger partial charge on any atom is 0.327 e. The van der Waals surface area contributed by atoms with Crippen LogP contribution in [0.4, 0.5) is 0 Å². The SMILES string of the molecule is CCC1SCC(C(=O)O)N1C(=O)C1CCCC(N)C1. The third-order valence-corrected chi connectivity index (χ3v) is 5.50. The quantitative estimate of drug-likeness (QED) is 0.816. The maximum absolute atomic E-state index is 12.6. The minimum Gasteiger partial charge on any atom is -0.480 e. The van der Waals surface area contributed by atoms with Crippen LogP contribution in [0.15, 0.2) is 0 Å². The van der Waals surface area contributed by atoms with Gasteiger partial charge in [-0.25, -0.2) is 4.79 Å². The molecular weight excluding hydrogens is 264 g/mol. The Hall–Kier alpha value is -0.750. The fraction of sp³-hybridized carbons (Fsp3) is 0.846. The van der Waals surface area contributed by atoms with E-state index in [2.05, 4.69) is 0 Å². The van der Waals surface area contributed by atoms with Crippen molar-refractivity contribution in [3.63, 3.8) is 0 Å². The highest BCUT2D eigenvalue weighted by Crippen LogP contribution is 2.35. The molecule has 19 heavy (non-hydrogen) atoms. The Labute approximate surface area is 117 Å². The summed E-state index contributed by atoms with van der Waals surface area (Å²) in [5, 5.41) is 9.27. The molecule has 2 aliphatic rings. The Morgan fingerprint density at radius 2 is 2.16 bits per heavy atom. The van der Waals surface area contributed by atoms with E-state index in [1.54, 1.807) is 16.7 Å². The Morgan fingerprint density at radius 1 is 1.42 bits per heavy atom. The lowest BCUT2D eigenvalue weighted by molar-refractivity contribution is -0.151. The lowest BCUT2D eigenvalue weighted by atomic mass is 9.85. The fourth-order valence-corrected chi connectivity index (χ4v) is 4.38. The highest BCUT2D eigenvalue weighted by Gasteiger charge is 2.43. The molecule has 2 fully saturated rings. The van der Waals surface area contributed by atoms with E-state index in [0.717, 1.165) is 25.7 Å². The third kappa shape index (κ3) is 3.05. The van der Waals surface area contributed by atoms with Crippen molar-refractivity contribution in [2.75, 3.05) is 5.75 Å². The van der Waals surface area contributed by atoms with Gasteiger partial charge in [-0.2, -0.15) is 0 Å². The molecule has 0 spiro atoms. The minimum absolute atomic E-state index is 0.000556. The van der Waals surface area contributed by atoms with Crippen molar-refractivity contribution in [1.29, 1.82) is 0 Å². The summed E-state index contributed by atoms with van der Waals surface area (Å²) in [7, 11) is 0. The number of thioether (sulfide) groups is 1. The van der Waals surface area contributed by atoms with Gasteiger partial charge in [0.25, 0.3) is 0 Å². The van der Waals surface area contributed by atoms with Gasteiger partial charge < -0.3 is 15.7 Å². The van der Waals surface area contributed by atoms with Gasteiger partial charge in [0, 0.05) is 17.7 Å². The summed E-state index contributed by atoms with van der Waals surface area (Å²) >= 11 is 1.57. The highest BCUT2D eigenvalue weighted by atomic mass is 32.2. The van der Waals surface area contributed by atoms with Crippen LogP contribution in [-0.4, -0.2) is 45.1 Å². The molecule has 108 valence electrons. The predicted molar refractivity (Wildman–Crippen MR) is 74.7 cm³/mol. The zero-order valence-electron chi connectivity index (χ0n) is 11.2. The van der Waals surface area contributed by atoms with Gasteiger partial charge in [0.05, 0.1) is 5.37 Å². The zero-order valence-corrected chi connectivity index (χ0v) is 12.1. The summed E-state index contributed by atoms with van der Waals surface area (Å²) in [5.74, 6) is -0.479. The first kappa shape index (κ1) is 14.7. The molecule has 0 aromatic heterocycles. The van der Waals surface area contributed by atoms with Crippen LogP contribution >= 0.6 is 11.8 Å². The van der Waals surface area contributed by atoms with E-state index >= 15 is 0 Å². The molecule has 1 saturated heterocycles. The van der Waals surface area contributed by atoms with Gasteiger partial charge in [-0.3, -0.25) is 4.79 Å². The molecule has 0 bridgehead atoms. The smallest absolute Gasteiger partial charge is 0.327 e. The zero-order chi connectivity index (χ0) is 14.0. The molecule has 0 aromatic rings. The second kappa shape index (κ2) is 6.13. The van der Waals surface area contributed by atoms with Crippen molar-refractivity contribution in [1.82, 2.24) is 4.90 Å². The van der Waals surface area contributed by atoms with Gasteiger partial charge in [-0.05, 0) is 25.7 Å². The number of nitrogens with two attached hydrogens (primary N) is 1. The minimum atomic E-state index is -0.892. The van der Waals surface area contributed by atoms with Crippen molar-refractivity contribution in [2.45, 2.75) is 56.5 Å². The van der Waals surface area contributed by atoms with Crippen molar-refractivity contribution in [3.05, 3.63) is 0 Å². The Balaban J connectivity index is 2.11. The monoisotopic (exact) mass is 286 g/mol. The summed E-state index contributed by atoms with van der Waals surface area (Å²) in [5.41, 5.74) is 5.93. The first-order valence-corrected chi connectivity index (χ1v) is 8.01. The van der Waals surface area contributed by atoms with Crippen molar-refractivity contribution in [2.24, 2.45) is 11.7 Å². The first-order chi connectivity index (χ1) is 9.04. The molecule has 1 heterocycles. The van der Waals surface area contributed by atoms with Crippen LogP contribution in [0, 0.1) is 5.92 Å². The number of carbonyl (C=O) groups is 2. The van der Waals surface area contributed by atoms with Crippen molar-refractivity contribution in [3.8, 4) is 0 Å². The largest absolute Gasteiger partial charge is 0.480 e. The first-order valence-electron chi connectivity index (χ1n) is 6.96. The van der Waals surface area contributed by atoms with Crippen LogP contribution in [-0.2, 0) is 9.59 Å². The van der Waals surface area contributed by atoms with Crippen LogP contribution < -0.4 is 5.73 Å². The van der Waals surface area contributed by atoms with Crippen LogP contribution in [0.25, 0.3) is 0 Å². The van der Waals surface area contributed by atoms with E-state index in [0.29, 0.717) is 12.2 Å². The number of hydrogen-bond acceptors (Lipinski definition) is 4. The predicted octanol–water partition coefficient (Wildman–Crippen LogP) is 1.27. The summed E-state index contributed by atoms with van der Waals surface area (Å²) in [6.07, 6.45) is 4.27. The number of aliphatic carboxylic acids is 1. The van der Waals surface area contributed by atoms with Crippen molar-refractivity contribution < 1.29 is 14.7 Å². The summed E-state index contributed by atoms with van der Waals surface area (Å²) in [4.78, 5) is 25.5. The highest BCUT2D eigenvalue weighted by molar-refractivity contribution is 8.00. The number of rotatable bonds is 3. The normalized spacial score (nSPS) is 35.4. The number of nitrogens with zero attached hydrogens (tertiary/aromatic N) is 1. The van der Waals surface area contributed by atoms with E-state index in [1.807, 2.05) is 6.92 Å². The number of amides is 1. The van der Waals surface area contributed by atoms with Gasteiger partial charge in [0.1, 0.15) is 6.04 Å². The standard InChI is InChI=1S/C13H22N2O3S/c1-2-11-15(10(7-19-11)13(17)18)12(16)8-4-3-5-9(14)6-8/h8-11H,2-7,14H2,1H3,(H,17,18). The van der Waals surface area contributed by atoms with Gasteiger partial charge in [0.15, 0.2) is 0 Å². The van der Waals surface area contributed by atoms with Gasteiger partial charge in [0.2, 0.25) is 5.91 Å². The maximum atomic E-state index is 12.6. The molecule has 1 saturated carbocycles. The number of carboxylic acids is 1. The summed E-state index contributed by atoms with van der Waals surface area (Å²) < 4.78 is 0. The topological polar surface area (TPSA) is 83.6 Å². The Morgan fingerprint density at radius 3 is 2.74 bits per heavy atom.